The van der Waals surface area contributed by atoms with Crippen molar-refractivity contribution in [1.29, 1.82) is 0 Å². The van der Waals surface area contributed by atoms with Crippen LogP contribution in [0, 0.1) is 11.8 Å². The number of nitrogens with one attached hydrogen (secondary N) is 2. The van der Waals surface area contributed by atoms with E-state index >= 15 is 0 Å². The number of halogens is 2. The van der Waals surface area contributed by atoms with Crippen LogP contribution in [0.5, 0.6) is 5.75 Å². The van der Waals surface area contributed by atoms with Gasteiger partial charge in [0.15, 0.2) is 0 Å². The summed E-state index contributed by atoms with van der Waals surface area (Å²) in [5.41, 5.74) is 1.55. The molecule has 2 aromatic heterocycles. The van der Waals surface area contributed by atoms with Crippen LogP contribution in [0.1, 0.15) is 36.3 Å². The molecule has 2 aliphatic rings. The van der Waals surface area contributed by atoms with Crippen molar-refractivity contribution in [2.75, 3.05) is 57.5 Å². The van der Waals surface area contributed by atoms with Crippen LogP contribution >= 0.6 is 0 Å². The molecule has 2 fully saturated rings. The molecule has 4 heterocycles. The van der Waals surface area contributed by atoms with Gasteiger partial charge in [-0.25, -0.2) is 0 Å². The molecule has 3 aromatic rings. The van der Waals surface area contributed by atoms with E-state index in [0.29, 0.717) is 54.6 Å². The van der Waals surface area contributed by atoms with Crippen LogP contribution in [0.15, 0.2) is 36.4 Å². The van der Waals surface area contributed by atoms with E-state index in [4.69, 9.17) is 9.84 Å². The van der Waals surface area contributed by atoms with Crippen molar-refractivity contribution in [3.63, 3.8) is 0 Å². The zero-order valence-electron chi connectivity index (χ0n) is 24.2. The summed E-state index contributed by atoms with van der Waals surface area (Å²) < 4.78 is 36.9. The monoisotopic (exact) mass is 646 g/mol. The molecular weight excluding hydrogens is 609 g/mol. The topological polar surface area (TPSA) is 94.4 Å². The molecule has 1 amide bonds. The Labute approximate surface area is 250 Å². The van der Waals surface area contributed by atoms with Gasteiger partial charge in [0.05, 0.1) is 18.7 Å². The first-order chi connectivity index (χ1) is 20.0. The normalized spacial score (nSPS) is 20.8. The minimum atomic E-state index is -1.03. The molecular formula is C30H36F2N6O3Se. The van der Waals surface area contributed by atoms with Gasteiger partial charge in [-0.05, 0) is 6.92 Å². The van der Waals surface area contributed by atoms with Crippen molar-refractivity contribution >= 4 is 42.3 Å². The maximum atomic E-state index is 14.7. The standard InChI is InChI=1S/C30H36F2N6O3Se/c1-19(31)42-28-24(35-38-25(28)8-5-9-27(38)34-22-12-14-36(3)16-21(22)32)7-6-13-33-23-11-10-20(15-26(23)41-4)29(39)37-17-30(2,40)18-37/h5,8-11,15,19,21-22,33-34,40H,12-14,16-18H2,1-4H3. The average Bonchev–Trinajstić information content (AvgIpc) is 3.28. The molecule has 3 unspecified atom stereocenters. The molecule has 2 aliphatic heterocycles. The van der Waals surface area contributed by atoms with E-state index in [0.717, 1.165) is 16.5 Å². The number of amides is 1. The summed E-state index contributed by atoms with van der Waals surface area (Å²) in [7, 11) is 3.44. The zero-order valence-corrected chi connectivity index (χ0v) is 25.9. The third kappa shape index (κ3) is 6.65. The second kappa shape index (κ2) is 12.5. The molecule has 42 heavy (non-hydrogen) atoms. The van der Waals surface area contributed by atoms with Crippen LogP contribution in [0.25, 0.3) is 5.52 Å². The number of rotatable bonds is 8. The van der Waals surface area contributed by atoms with Gasteiger partial charge in [-0.15, -0.1) is 0 Å². The first kappa shape index (κ1) is 30.1. The van der Waals surface area contributed by atoms with Crippen LogP contribution in [-0.2, 0) is 0 Å². The number of aromatic nitrogens is 2. The predicted octanol–water partition coefficient (Wildman–Crippen LogP) is 2.11. The third-order valence-electron chi connectivity index (χ3n) is 7.34. The van der Waals surface area contributed by atoms with Gasteiger partial charge in [-0.3, -0.25) is 0 Å². The number of aliphatic hydroxyl groups is 1. The van der Waals surface area contributed by atoms with E-state index in [1.54, 1.807) is 34.5 Å². The first-order valence-corrected chi connectivity index (χ1v) is 15.7. The molecule has 12 heteroatoms. The number of ether oxygens (including phenoxy) is 1. The number of pyridine rings is 1. The van der Waals surface area contributed by atoms with E-state index in [1.165, 1.54) is 14.0 Å². The molecule has 3 atom stereocenters. The van der Waals surface area contributed by atoms with Gasteiger partial charge >= 0.3 is 220 Å². The van der Waals surface area contributed by atoms with Crippen molar-refractivity contribution in [3.8, 4) is 17.6 Å². The number of likely N-dealkylation sites (tertiary alicyclic amines) is 2. The summed E-state index contributed by atoms with van der Waals surface area (Å²) in [5, 5.41) is 20.2. The number of nitrogens with zero attached hydrogens (tertiary/aromatic N) is 4. The number of hydrogen-bond acceptors (Lipinski definition) is 7. The second-order valence-corrected chi connectivity index (χ2v) is 13.8. The quantitative estimate of drug-likeness (QED) is 0.256. The first-order valence-electron chi connectivity index (χ1n) is 13.9. The van der Waals surface area contributed by atoms with Crippen LogP contribution in [-0.4, -0.2) is 115 Å². The van der Waals surface area contributed by atoms with Crippen LogP contribution in [0.3, 0.4) is 0 Å². The van der Waals surface area contributed by atoms with Gasteiger partial charge in [-0.2, -0.15) is 0 Å². The number of benzene rings is 1. The summed E-state index contributed by atoms with van der Waals surface area (Å²) in [6.45, 7) is 5.25. The number of fused-ring (bicyclic) bond motifs is 1. The fourth-order valence-corrected chi connectivity index (χ4v) is 6.95. The summed E-state index contributed by atoms with van der Waals surface area (Å²) in [6, 6.07) is 10.4. The van der Waals surface area contributed by atoms with Crippen LogP contribution < -0.4 is 19.8 Å². The number of methoxy groups -OCH3 is 1. The van der Waals surface area contributed by atoms with Crippen molar-refractivity contribution in [3.05, 3.63) is 47.7 Å². The van der Waals surface area contributed by atoms with Crippen LogP contribution in [0.4, 0.5) is 20.3 Å². The van der Waals surface area contributed by atoms with Gasteiger partial charge in [0.1, 0.15) is 0 Å². The number of alkyl halides is 2. The number of hydrogen-bond donors (Lipinski definition) is 3. The van der Waals surface area contributed by atoms with Crippen LogP contribution in [0.2, 0.25) is 0 Å². The van der Waals surface area contributed by atoms with E-state index in [2.05, 4.69) is 22.5 Å². The van der Waals surface area contributed by atoms with E-state index in [-0.39, 0.29) is 18.5 Å². The number of piperidine rings is 1. The fourth-order valence-electron chi connectivity index (χ4n) is 5.27. The molecule has 0 radical (unpaired) electrons. The molecule has 5 rings (SSSR count). The van der Waals surface area contributed by atoms with Crippen molar-refractivity contribution in [1.82, 2.24) is 19.4 Å². The van der Waals surface area contributed by atoms with Gasteiger partial charge in [0, 0.05) is 0 Å². The van der Waals surface area contributed by atoms with Gasteiger partial charge in [0.2, 0.25) is 0 Å². The summed E-state index contributed by atoms with van der Waals surface area (Å²) in [4.78, 5) is 16.3. The molecule has 0 aliphatic carbocycles. The Kier molecular flexibility index (Phi) is 8.94. The predicted molar refractivity (Wildman–Crippen MR) is 160 cm³/mol. The SMILES string of the molecule is COc1cc(C(=O)N2CC(C)(O)C2)ccc1NCC#Cc1nn2c(NC3CCN(C)CC3F)cccc2c1[Se]C(C)F. The Morgan fingerprint density at radius 3 is 2.81 bits per heavy atom. The van der Waals surface area contributed by atoms with Crippen molar-refractivity contribution in [2.45, 2.75) is 43.2 Å². The fraction of sp³-hybridized carbons (Fsp3) is 0.467. The zero-order chi connectivity index (χ0) is 30.0. The van der Waals surface area contributed by atoms with Gasteiger partial charge < -0.3 is 5.11 Å². The van der Waals surface area contributed by atoms with E-state index in [1.807, 2.05) is 30.1 Å². The van der Waals surface area contributed by atoms with E-state index < -0.39 is 31.8 Å². The third-order valence-corrected chi connectivity index (χ3v) is 9.36. The average molecular weight is 646 g/mol. The Bertz CT molecular complexity index is 1510. The number of carbonyl (C=O) groups is 1. The van der Waals surface area contributed by atoms with E-state index in [9.17, 15) is 18.7 Å². The Morgan fingerprint density at radius 1 is 1.33 bits per heavy atom. The molecule has 2 saturated heterocycles. The maximum absolute atomic E-state index is 14.7. The van der Waals surface area contributed by atoms with Crippen molar-refractivity contribution in [2.24, 2.45) is 0 Å². The van der Waals surface area contributed by atoms with Gasteiger partial charge in [-0.1, -0.05) is 0 Å². The molecule has 0 bridgehead atoms. The molecule has 1 aromatic carbocycles. The molecule has 0 spiro atoms. The summed E-state index contributed by atoms with van der Waals surface area (Å²) in [6.07, 6.45) is -0.337. The molecule has 224 valence electrons. The molecule has 0 saturated carbocycles. The summed E-state index contributed by atoms with van der Waals surface area (Å²) in [5.74, 6) is 7.16. The number of anilines is 2. The van der Waals surface area contributed by atoms with Crippen molar-refractivity contribution < 1.29 is 23.4 Å². The summed E-state index contributed by atoms with van der Waals surface area (Å²) >= 11 is -0.510. The minimum absolute atomic E-state index is 0.166. The number of β-amino-alcohol motifs (C(OH)–C–C–N with tert-alkyl or cyclic N) is 1. The molecule has 3 N–H and O–H groups in total. The Morgan fingerprint density at radius 2 is 2.12 bits per heavy atom. The Hall–Kier alpha value is -3.36. The van der Waals surface area contributed by atoms with Gasteiger partial charge in [0.25, 0.3) is 0 Å². The second-order valence-electron chi connectivity index (χ2n) is 11.1. The number of carbonyl (C=O) groups excluding carboxylic acids is 1. The Balaban J connectivity index is 1.32. The molecule has 9 nitrogen and oxygen atoms in total.